The average Bonchev–Trinajstić information content (AvgIpc) is 3.05. The zero-order valence-corrected chi connectivity index (χ0v) is 39.9. The molecule has 58 heavy (non-hydrogen) atoms. The lowest BCUT2D eigenvalue weighted by Gasteiger charge is -2.34. The lowest BCUT2D eigenvalue weighted by atomic mass is 9.97. The summed E-state index contributed by atoms with van der Waals surface area (Å²) >= 11 is 0. The second-order valence-corrected chi connectivity index (χ2v) is 17.0. The number of halogens is 1. The highest BCUT2D eigenvalue weighted by atomic mass is 35.5. The molecule has 0 saturated heterocycles. The second kappa shape index (κ2) is 29.4. The Labute approximate surface area is 355 Å². The van der Waals surface area contributed by atoms with Crippen molar-refractivity contribution >= 4 is 48.4 Å². The van der Waals surface area contributed by atoms with E-state index in [0.717, 1.165) is 0 Å². The van der Waals surface area contributed by atoms with Gasteiger partial charge in [0.05, 0.1) is 19.3 Å². The Morgan fingerprint density at radius 1 is 0.638 bits per heavy atom. The summed E-state index contributed by atoms with van der Waals surface area (Å²) in [6.07, 6.45) is 2.32. The largest absolute Gasteiger partial charge is 0.480 e. The molecule has 3 amide bonds. The number of nitrogens with one attached hydrogen (secondary N) is 3. The summed E-state index contributed by atoms with van der Waals surface area (Å²) in [6, 6.07) is -1.75. The van der Waals surface area contributed by atoms with Gasteiger partial charge in [-0.2, -0.15) is 0 Å². The van der Waals surface area contributed by atoms with Crippen LogP contribution in [0.3, 0.4) is 0 Å². The second-order valence-electron chi connectivity index (χ2n) is 17.0. The molecular weight excluding hydrogens is 772 g/mol. The van der Waals surface area contributed by atoms with Gasteiger partial charge in [-0.25, -0.2) is 24.0 Å². The molecular formula is C42H79ClN4O11. The number of carboxylic acids is 1. The molecule has 1 unspecified atom stereocenters. The van der Waals surface area contributed by atoms with Crippen LogP contribution in [0.15, 0.2) is 23.3 Å². The summed E-state index contributed by atoms with van der Waals surface area (Å²) in [6.45, 7) is 33.5. The zero-order valence-electron chi connectivity index (χ0n) is 39.1. The Morgan fingerprint density at radius 3 is 1.28 bits per heavy atom. The fraction of sp³-hybridized carbons (Fsp3) is 0.762. The number of carbonyl (C=O) groups excluding carboxylic acids is 5. The van der Waals surface area contributed by atoms with E-state index in [9.17, 15) is 28.8 Å². The number of amides is 3. The zero-order chi connectivity index (χ0) is 45.6. The van der Waals surface area contributed by atoms with Gasteiger partial charge in [-0.1, -0.05) is 67.5 Å². The minimum absolute atomic E-state index is 0. The van der Waals surface area contributed by atoms with Crippen molar-refractivity contribution in [2.24, 2.45) is 23.7 Å². The van der Waals surface area contributed by atoms with E-state index in [4.69, 9.17) is 24.1 Å². The highest BCUT2D eigenvalue weighted by Crippen LogP contribution is 2.18. The van der Waals surface area contributed by atoms with Gasteiger partial charge >= 0.3 is 30.1 Å². The molecule has 0 heterocycles. The number of carboxylic acid groups (broad SMARTS) is 1. The number of likely N-dealkylation sites (N-methyl/N-ethyl adjacent to an activating group) is 2. The third-order valence-electron chi connectivity index (χ3n) is 7.78. The predicted molar refractivity (Wildman–Crippen MR) is 231 cm³/mol. The lowest BCUT2D eigenvalue weighted by Crippen LogP contribution is -2.54. The lowest BCUT2D eigenvalue weighted by molar-refractivity contribution is -0.141. The fourth-order valence-electron chi connectivity index (χ4n) is 4.77. The van der Waals surface area contributed by atoms with E-state index in [0.29, 0.717) is 30.3 Å². The third kappa shape index (κ3) is 27.7. The highest BCUT2D eigenvalue weighted by Gasteiger charge is 2.33. The van der Waals surface area contributed by atoms with Crippen LogP contribution in [0.4, 0.5) is 9.59 Å². The number of nitrogens with zero attached hydrogens (tertiary/aromatic N) is 1. The smallest absolute Gasteiger partial charge is 0.408 e. The first-order valence-corrected chi connectivity index (χ1v) is 19.7. The molecule has 15 nitrogen and oxygen atoms in total. The molecule has 0 saturated carbocycles. The Balaban J connectivity index is -0.000000411. The van der Waals surface area contributed by atoms with Crippen LogP contribution < -0.4 is 16.0 Å². The fourth-order valence-corrected chi connectivity index (χ4v) is 4.77. The SMILES string of the molecule is CC(C)[C@H](NC(=O)OC(C)(C)C)C(=O)O.CCOC(=O)/C(C)=C/[C@@H](NC)C(C)C.CCOC(=O)/C(C)=C/[C@H](C(C)C)N(C)C(=O)C(NC(=O)OC(C)(C)C)C(C)C.Cl. The van der Waals surface area contributed by atoms with E-state index in [1.807, 2.05) is 47.7 Å². The van der Waals surface area contributed by atoms with Crippen LogP contribution in [0.25, 0.3) is 0 Å². The number of hydrogen-bond acceptors (Lipinski definition) is 11. The van der Waals surface area contributed by atoms with Crippen molar-refractivity contribution in [3.63, 3.8) is 0 Å². The first-order valence-electron chi connectivity index (χ1n) is 19.7. The maximum Gasteiger partial charge on any atom is 0.408 e. The van der Waals surface area contributed by atoms with Gasteiger partial charge in [0.25, 0.3) is 0 Å². The van der Waals surface area contributed by atoms with Crippen molar-refractivity contribution in [2.75, 3.05) is 27.3 Å². The van der Waals surface area contributed by atoms with Crippen molar-refractivity contribution in [2.45, 2.75) is 160 Å². The molecule has 0 aliphatic carbocycles. The van der Waals surface area contributed by atoms with Gasteiger partial charge in [0.1, 0.15) is 23.3 Å². The highest BCUT2D eigenvalue weighted by molar-refractivity contribution is 5.89. The monoisotopic (exact) mass is 851 g/mol. The molecule has 0 rings (SSSR count). The molecule has 0 bridgehead atoms. The van der Waals surface area contributed by atoms with E-state index >= 15 is 0 Å². The minimum atomic E-state index is -1.06. The molecule has 0 aliphatic heterocycles. The van der Waals surface area contributed by atoms with Gasteiger partial charge in [-0.05, 0) is 100.0 Å². The molecule has 0 aliphatic rings. The number of hydrogen-bond donors (Lipinski definition) is 4. The molecule has 0 spiro atoms. The number of rotatable bonds is 16. The molecule has 340 valence electrons. The number of ether oxygens (including phenoxy) is 4. The summed E-state index contributed by atoms with van der Waals surface area (Å²) in [5.74, 6) is -1.73. The molecule has 0 aromatic carbocycles. The van der Waals surface area contributed by atoms with Crippen molar-refractivity contribution in [3.8, 4) is 0 Å². The maximum absolute atomic E-state index is 13.1. The van der Waals surface area contributed by atoms with Crippen LogP contribution >= 0.6 is 12.4 Å². The summed E-state index contributed by atoms with van der Waals surface area (Å²) < 4.78 is 20.2. The van der Waals surface area contributed by atoms with Crippen LogP contribution in [-0.2, 0) is 38.1 Å². The number of aliphatic carboxylic acids is 1. The molecule has 0 aromatic heterocycles. The Hall–Kier alpha value is -3.85. The van der Waals surface area contributed by atoms with Crippen LogP contribution in [0.2, 0.25) is 0 Å². The molecule has 4 N–H and O–H groups in total. The van der Waals surface area contributed by atoms with E-state index in [1.165, 1.54) is 0 Å². The van der Waals surface area contributed by atoms with Crippen LogP contribution in [0, 0.1) is 23.7 Å². The predicted octanol–water partition coefficient (Wildman–Crippen LogP) is 7.31. The maximum atomic E-state index is 13.1. The average molecular weight is 852 g/mol. The van der Waals surface area contributed by atoms with E-state index in [2.05, 4.69) is 29.8 Å². The number of esters is 2. The third-order valence-corrected chi connectivity index (χ3v) is 7.78. The summed E-state index contributed by atoms with van der Waals surface area (Å²) in [4.78, 5) is 72.1. The summed E-state index contributed by atoms with van der Waals surface area (Å²) in [5.41, 5.74) is -0.161. The minimum Gasteiger partial charge on any atom is -0.480 e. The van der Waals surface area contributed by atoms with Crippen molar-refractivity contribution in [1.82, 2.24) is 20.9 Å². The van der Waals surface area contributed by atoms with Gasteiger partial charge in [0, 0.05) is 24.2 Å². The van der Waals surface area contributed by atoms with Crippen LogP contribution in [-0.4, -0.2) is 109 Å². The Morgan fingerprint density at radius 2 is 1.00 bits per heavy atom. The normalized spacial score (nSPS) is 13.9. The molecule has 16 heteroatoms. The van der Waals surface area contributed by atoms with Crippen LogP contribution in [0.5, 0.6) is 0 Å². The van der Waals surface area contributed by atoms with E-state index in [-0.39, 0.29) is 54.1 Å². The molecule has 0 aromatic rings. The number of carbonyl (C=O) groups is 6. The summed E-state index contributed by atoms with van der Waals surface area (Å²) in [5, 5.41) is 17.0. The van der Waals surface area contributed by atoms with Gasteiger partial charge in [-0.3, -0.25) is 4.79 Å². The topological polar surface area (TPSA) is 199 Å². The van der Waals surface area contributed by atoms with E-state index < -0.39 is 47.4 Å². The van der Waals surface area contributed by atoms with Gasteiger partial charge in [-0.15, -0.1) is 12.4 Å². The van der Waals surface area contributed by atoms with Crippen LogP contribution in [0.1, 0.15) is 125 Å². The molecule has 0 radical (unpaired) electrons. The molecule has 4 atom stereocenters. The first kappa shape index (κ1) is 60.8. The number of alkyl carbamates (subject to hydrolysis) is 2. The summed E-state index contributed by atoms with van der Waals surface area (Å²) in [7, 11) is 3.56. The van der Waals surface area contributed by atoms with Crippen molar-refractivity contribution in [3.05, 3.63) is 23.3 Å². The quantitative estimate of drug-likeness (QED) is 0.0687. The Kier molecular flexibility index (Phi) is 30.8. The van der Waals surface area contributed by atoms with E-state index in [1.54, 1.807) is 94.2 Å². The Bertz CT molecular complexity index is 1330. The van der Waals surface area contributed by atoms with Gasteiger partial charge in [0.15, 0.2) is 0 Å². The van der Waals surface area contributed by atoms with Crippen molar-refractivity contribution in [1.29, 1.82) is 0 Å². The standard InChI is InChI=1S/C21H38N2O5.C11H21NO2.C10H19NO4.ClH/c1-11-27-19(25)15(6)12-16(13(2)3)23(10)18(24)17(14(4)5)22-20(26)28-21(7,8)9;1-6-14-11(13)9(4)7-10(12-5)8(2)3;1-6(2)7(8(12)13)11-9(14)15-10(3,4)5;/h12-14,16-17H,11H2,1-10H3,(H,22,26);7-8,10,12H,6H2,1-5H3;6-7H,1-5H3,(H,11,14)(H,12,13);1H/b15-12+;9-7+;;/t16-,17?;10-;7-;/m110./s1. The van der Waals surface area contributed by atoms with Crippen molar-refractivity contribution < 1.29 is 52.8 Å². The van der Waals surface area contributed by atoms with Gasteiger partial charge < -0.3 is 44.9 Å². The first-order chi connectivity index (χ1) is 25.9. The van der Waals surface area contributed by atoms with Gasteiger partial charge in [0.2, 0.25) is 5.91 Å². The molecule has 0 fully saturated rings.